The molecule has 1 aliphatic heterocycles. The number of nitrogens with one attached hydrogen (secondary N) is 2. The van der Waals surface area contributed by atoms with Gasteiger partial charge in [-0.1, -0.05) is 35.9 Å². The predicted molar refractivity (Wildman–Crippen MR) is 153 cm³/mol. The van der Waals surface area contributed by atoms with Crippen molar-refractivity contribution in [2.45, 2.75) is 24.8 Å². The van der Waals surface area contributed by atoms with Gasteiger partial charge in [0.25, 0.3) is 21.5 Å². The summed E-state index contributed by atoms with van der Waals surface area (Å²) in [4.78, 5) is 26.2. The maximum absolute atomic E-state index is 13.8. The van der Waals surface area contributed by atoms with Crippen LogP contribution < -0.4 is 20.5 Å². The first-order valence-electron chi connectivity index (χ1n) is 12.4. The second kappa shape index (κ2) is 10.4. The maximum Gasteiger partial charge on any atom is 0.296 e. The Morgan fingerprint density at radius 2 is 1.79 bits per heavy atom. The molecular weight excluding hydrogens is 538 g/mol. The Morgan fingerprint density at radius 1 is 1.05 bits per heavy atom. The number of para-hydroxylation sites is 1. The first-order valence-corrected chi connectivity index (χ1v) is 14.2. The van der Waals surface area contributed by atoms with Crippen LogP contribution in [0.1, 0.15) is 27.2 Å². The highest BCUT2D eigenvalue weighted by Crippen LogP contribution is 2.30. The minimum atomic E-state index is -4.31. The van der Waals surface area contributed by atoms with E-state index in [4.69, 9.17) is 11.6 Å². The topological polar surface area (TPSA) is 105 Å². The summed E-state index contributed by atoms with van der Waals surface area (Å²) in [6.45, 7) is 3.30. The van der Waals surface area contributed by atoms with Crippen LogP contribution in [0.25, 0.3) is 5.69 Å². The van der Waals surface area contributed by atoms with Crippen LogP contribution in [0.5, 0.6) is 0 Å². The molecule has 0 spiro atoms. The van der Waals surface area contributed by atoms with E-state index in [-0.39, 0.29) is 21.2 Å². The molecule has 0 aliphatic carbocycles. The van der Waals surface area contributed by atoms with E-state index in [1.165, 1.54) is 35.5 Å². The Kier molecular flexibility index (Phi) is 7.11. The summed E-state index contributed by atoms with van der Waals surface area (Å²) in [6, 6.07) is 18.7. The van der Waals surface area contributed by atoms with Crippen LogP contribution in [0.15, 0.2) is 76.4 Å². The van der Waals surface area contributed by atoms with Crippen LogP contribution in [0.2, 0.25) is 5.02 Å². The van der Waals surface area contributed by atoms with Gasteiger partial charge in [-0.2, -0.15) is 0 Å². The van der Waals surface area contributed by atoms with Crippen molar-refractivity contribution in [1.29, 1.82) is 0 Å². The Hall–Kier alpha value is -3.86. The highest BCUT2D eigenvalue weighted by molar-refractivity contribution is 7.93. The fourth-order valence-corrected chi connectivity index (χ4v) is 6.53. The Labute approximate surface area is 231 Å². The summed E-state index contributed by atoms with van der Waals surface area (Å²) in [5.41, 5.74) is 3.60. The number of sulfonamides is 1. The van der Waals surface area contributed by atoms with Crippen molar-refractivity contribution in [3.63, 3.8) is 0 Å². The van der Waals surface area contributed by atoms with E-state index < -0.39 is 21.5 Å². The number of hydrogen-bond donors (Lipinski definition) is 2. The lowest BCUT2D eigenvalue weighted by Crippen LogP contribution is -2.32. The van der Waals surface area contributed by atoms with Crippen LogP contribution in [-0.4, -0.2) is 37.3 Å². The zero-order valence-corrected chi connectivity index (χ0v) is 23.3. The smallest absolute Gasteiger partial charge is 0.296 e. The molecule has 2 heterocycles. The number of hydrogen-bond acceptors (Lipinski definition) is 5. The molecule has 202 valence electrons. The van der Waals surface area contributed by atoms with Crippen molar-refractivity contribution in [3.05, 3.63) is 104 Å². The van der Waals surface area contributed by atoms with E-state index in [2.05, 4.69) is 10.6 Å². The zero-order valence-electron chi connectivity index (χ0n) is 21.7. The molecule has 0 radical (unpaired) electrons. The summed E-state index contributed by atoms with van der Waals surface area (Å²) >= 11 is 6.34. The van der Waals surface area contributed by atoms with E-state index in [1.54, 1.807) is 42.9 Å². The quantitative estimate of drug-likeness (QED) is 0.369. The van der Waals surface area contributed by atoms with Crippen molar-refractivity contribution in [1.82, 2.24) is 14.7 Å². The van der Waals surface area contributed by atoms with Gasteiger partial charge in [-0.3, -0.25) is 18.6 Å². The van der Waals surface area contributed by atoms with Crippen molar-refractivity contribution in [2.24, 2.45) is 7.05 Å². The molecule has 9 nitrogen and oxygen atoms in total. The van der Waals surface area contributed by atoms with Crippen molar-refractivity contribution in [3.8, 4) is 5.69 Å². The third kappa shape index (κ3) is 4.87. The van der Waals surface area contributed by atoms with E-state index in [9.17, 15) is 18.0 Å². The number of aromatic nitrogens is 2. The normalized spacial score (nSPS) is 13.1. The summed E-state index contributed by atoms with van der Waals surface area (Å²) in [5.74, 6) is -0.475. The fourth-order valence-electron chi connectivity index (χ4n) is 4.79. The second-order valence-electron chi connectivity index (χ2n) is 9.39. The van der Waals surface area contributed by atoms with E-state index in [0.29, 0.717) is 17.1 Å². The van der Waals surface area contributed by atoms with Gasteiger partial charge in [-0.25, -0.2) is 13.1 Å². The average Bonchev–Trinajstić information content (AvgIpc) is 3.15. The van der Waals surface area contributed by atoms with Gasteiger partial charge in [0.1, 0.15) is 10.6 Å². The lowest BCUT2D eigenvalue weighted by atomic mass is 10.0. The molecule has 39 heavy (non-hydrogen) atoms. The number of nitrogens with zero attached hydrogens (tertiary/aromatic N) is 3. The van der Waals surface area contributed by atoms with Gasteiger partial charge in [-0.15, -0.1) is 0 Å². The number of rotatable bonds is 6. The number of benzene rings is 3. The molecule has 0 bridgehead atoms. The molecule has 0 saturated carbocycles. The summed E-state index contributed by atoms with van der Waals surface area (Å²) < 4.78 is 31.4. The van der Waals surface area contributed by atoms with Gasteiger partial charge in [0, 0.05) is 31.9 Å². The van der Waals surface area contributed by atoms with Crippen LogP contribution in [0.4, 0.5) is 11.4 Å². The molecule has 3 aromatic carbocycles. The Balaban J connectivity index is 1.48. The highest BCUT2D eigenvalue weighted by Gasteiger charge is 2.31. The first-order chi connectivity index (χ1) is 18.6. The number of carbonyl (C=O) groups excluding carboxylic acids is 1. The van der Waals surface area contributed by atoms with E-state index in [0.717, 1.165) is 29.4 Å². The number of carbonyl (C=O) groups is 1. The Morgan fingerprint density at radius 3 is 2.54 bits per heavy atom. The van der Waals surface area contributed by atoms with E-state index in [1.807, 2.05) is 24.3 Å². The van der Waals surface area contributed by atoms with Crippen LogP contribution in [-0.2, 0) is 30.0 Å². The van der Waals surface area contributed by atoms with Gasteiger partial charge in [-0.05, 0) is 73.5 Å². The summed E-state index contributed by atoms with van der Waals surface area (Å²) in [7, 11) is -1.32. The Bertz CT molecular complexity index is 1750. The molecule has 0 unspecified atom stereocenters. The predicted octanol–water partition coefficient (Wildman–Crippen LogP) is 3.86. The standard InChI is InChI=1S/C28H28ClN5O4S/c1-18-26(28(36)34(32(18)2)23-7-5-4-6-8-23)33(3)39(37,38)25-16-20(10-12-24(25)29)27(35)31-22-11-9-19-13-14-30-17-21(19)15-22/h4-12,15-16,30H,13-14,17H2,1-3H3,(H,31,35). The fraction of sp³-hybridized carbons (Fsp3) is 0.214. The monoisotopic (exact) mass is 565 g/mol. The van der Waals surface area contributed by atoms with Crippen LogP contribution in [0, 0.1) is 6.92 Å². The largest absolute Gasteiger partial charge is 0.322 e. The SMILES string of the molecule is Cc1c(N(C)S(=O)(=O)c2cc(C(=O)Nc3ccc4c(c3)CNCC4)ccc2Cl)c(=O)n(-c2ccccc2)n1C. The second-order valence-corrected chi connectivity index (χ2v) is 11.7. The molecule has 0 saturated heterocycles. The number of amides is 1. The third-order valence-corrected chi connectivity index (χ3v) is 9.26. The molecule has 1 aromatic heterocycles. The van der Waals surface area contributed by atoms with Gasteiger partial charge in [0.15, 0.2) is 0 Å². The molecule has 5 rings (SSSR count). The van der Waals surface area contributed by atoms with Gasteiger partial charge < -0.3 is 10.6 Å². The van der Waals surface area contributed by atoms with Gasteiger partial charge in [0.2, 0.25) is 0 Å². The lowest BCUT2D eigenvalue weighted by Gasteiger charge is -2.20. The molecular formula is C28H28ClN5O4S. The molecule has 1 amide bonds. The molecule has 0 atom stereocenters. The average molecular weight is 566 g/mol. The third-order valence-electron chi connectivity index (χ3n) is 7.02. The minimum Gasteiger partial charge on any atom is -0.322 e. The van der Waals surface area contributed by atoms with Crippen molar-refractivity contribution < 1.29 is 13.2 Å². The maximum atomic E-state index is 13.8. The number of halogens is 1. The van der Waals surface area contributed by atoms with Crippen LogP contribution >= 0.6 is 11.6 Å². The number of fused-ring (bicyclic) bond motifs is 1. The minimum absolute atomic E-state index is 0.0186. The summed E-state index contributed by atoms with van der Waals surface area (Å²) in [6.07, 6.45) is 0.923. The van der Waals surface area contributed by atoms with Gasteiger partial charge in [0.05, 0.1) is 16.4 Å². The number of anilines is 2. The van der Waals surface area contributed by atoms with Crippen molar-refractivity contribution in [2.75, 3.05) is 23.2 Å². The zero-order chi connectivity index (χ0) is 27.9. The van der Waals surface area contributed by atoms with E-state index >= 15 is 0 Å². The first kappa shape index (κ1) is 26.7. The van der Waals surface area contributed by atoms with Crippen LogP contribution in [0.3, 0.4) is 0 Å². The molecule has 1 aliphatic rings. The lowest BCUT2D eigenvalue weighted by molar-refractivity contribution is 0.102. The van der Waals surface area contributed by atoms with Gasteiger partial charge >= 0.3 is 0 Å². The highest BCUT2D eigenvalue weighted by atomic mass is 35.5. The van der Waals surface area contributed by atoms with Crippen molar-refractivity contribution >= 4 is 38.9 Å². The molecule has 0 fully saturated rings. The molecule has 11 heteroatoms. The molecule has 2 N–H and O–H groups in total. The molecule has 4 aromatic rings. The summed E-state index contributed by atoms with van der Waals surface area (Å²) in [5, 5.41) is 6.09.